The number of hydrogen-bond donors (Lipinski definition) is 0. The molecule has 0 aromatic heterocycles. The van der Waals surface area contributed by atoms with E-state index >= 15 is 0 Å². The molecule has 0 saturated heterocycles. The second kappa shape index (κ2) is 104. The van der Waals surface area contributed by atoms with Crippen LogP contribution in [0.1, 0.15) is 442 Å². The number of rotatable bonds is 108. The van der Waals surface area contributed by atoms with E-state index in [1.807, 2.05) is 44.4 Å². The third-order valence-corrected chi connectivity index (χ3v) is 31.6. The molecule has 816 valence electrons. The van der Waals surface area contributed by atoms with Gasteiger partial charge in [0.2, 0.25) is 0 Å². The van der Waals surface area contributed by atoms with Gasteiger partial charge in [0.25, 0.3) is 0 Å². The van der Waals surface area contributed by atoms with Crippen LogP contribution in [-0.2, 0) is 95.3 Å². The molecule has 0 aliphatic heterocycles. The number of esters is 10. The summed E-state index contributed by atoms with van der Waals surface area (Å²) < 4.78 is 55.7. The van der Waals surface area contributed by atoms with E-state index in [9.17, 15) is 47.9 Å². The lowest BCUT2D eigenvalue weighted by Gasteiger charge is -2.26. The van der Waals surface area contributed by atoms with Gasteiger partial charge in [0.15, 0.2) is 0 Å². The summed E-state index contributed by atoms with van der Waals surface area (Å²) in [6.45, 7) is 22.9. The summed E-state index contributed by atoms with van der Waals surface area (Å²) in [6, 6.07) is 0. The van der Waals surface area contributed by atoms with E-state index in [4.69, 9.17) is 47.4 Å². The highest BCUT2D eigenvalue weighted by molar-refractivity contribution is 8.00. The Hall–Kier alpha value is -3.67. The normalized spacial score (nSPS) is 12.6. The molecule has 0 radical (unpaired) electrons. The van der Waals surface area contributed by atoms with Crippen molar-refractivity contribution in [2.45, 2.75) is 447 Å². The molecule has 23 nitrogen and oxygen atoms in total. The summed E-state index contributed by atoms with van der Waals surface area (Å²) in [6.07, 6.45) is 65.1. The summed E-state index contributed by atoms with van der Waals surface area (Å²) in [5, 5.41) is -0.353. The average molecular weight is 2060 g/mol. The Balaban J connectivity index is 6.48. The molecular weight excluding hydrogens is 1860 g/mol. The molecule has 5 unspecified atom stereocenters. The standard InChI is InChI=1S/C111H207N3O20S5/c1-11-16-21-26-31-36-41-46-51-58-88-135-93-97(6)107(120)130-83-78-125-103(116)65-74-113(75-66-104(117)126-79-84-131-108(121)98(7)94-136-89-59-52-47-42-37-32-27-22-17-12-2)70-57-56-69-112(73-64-102(115)129-82-87-134-111(124)101(10)139-92-62-55-50-45-40-35-30-25-20-15-5)71-63-72-114(76-67-105(118)127-80-85-132-109(122)99(8)95-137-90-60-53-48-43-38-33-28-23-18-13-3)77-68-106(119)128-81-86-133-110(123)100(9)96-138-91-61-54-49-44-39-34-29-24-19-14-4/h97-101H,11-96H2,1-10H3. The third-order valence-electron chi connectivity index (χ3n) is 25.1. The van der Waals surface area contributed by atoms with Gasteiger partial charge >= 0.3 is 59.7 Å². The Morgan fingerprint density at radius 1 is 0.187 bits per heavy atom. The van der Waals surface area contributed by atoms with Gasteiger partial charge in [-0.3, -0.25) is 47.9 Å². The molecule has 0 amide bonds. The minimum absolute atomic E-state index is 0.00108. The number of hydrogen-bond acceptors (Lipinski definition) is 28. The highest BCUT2D eigenvalue weighted by atomic mass is 32.2. The van der Waals surface area contributed by atoms with Crippen LogP contribution in [0, 0.1) is 23.7 Å². The van der Waals surface area contributed by atoms with E-state index in [2.05, 4.69) is 39.5 Å². The van der Waals surface area contributed by atoms with Gasteiger partial charge in [0.05, 0.1) is 61.0 Å². The van der Waals surface area contributed by atoms with Crippen LogP contribution in [0.15, 0.2) is 0 Å². The molecule has 0 bridgehead atoms. The van der Waals surface area contributed by atoms with Crippen molar-refractivity contribution in [2.75, 3.05) is 177 Å². The van der Waals surface area contributed by atoms with Crippen LogP contribution in [0.25, 0.3) is 0 Å². The van der Waals surface area contributed by atoms with Gasteiger partial charge in [0, 0.05) is 55.7 Å². The second-order valence-electron chi connectivity index (χ2n) is 38.6. The van der Waals surface area contributed by atoms with Crippen molar-refractivity contribution in [1.29, 1.82) is 0 Å². The first kappa shape index (κ1) is 135. The van der Waals surface area contributed by atoms with Gasteiger partial charge in [-0.15, -0.1) is 11.8 Å². The van der Waals surface area contributed by atoms with Gasteiger partial charge < -0.3 is 62.1 Å². The zero-order chi connectivity index (χ0) is 102. The molecule has 0 heterocycles. The van der Waals surface area contributed by atoms with Crippen molar-refractivity contribution in [3.63, 3.8) is 0 Å². The molecule has 0 spiro atoms. The zero-order valence-corrected chi connectivity index (χ0v) is 94.3. The largest absolute Gasteiger partial charge is 0.462 e. The van der Waals surface area contributed by atoms with Crippen LogP contribution in [-0.4, -0.2) is 256 Å². The fourth-order valence-electron chi connectivity index (χ4n) is 16.0. The smallest absolute Gasteiger partial charge is 0.318 e. The maximum absolute atomic E-state index is 13.6. The SMILES string of the molecule is CCCCCCCCCCCCSCC(C)C(=O)OCCOC(=O)CCN(CCCCN(CCCN(CCC(=O)OCCOC(=O)C(C)CSCCCCCCCCCCCC)CCC(=O)OCCOC(=O)C(C)CSCCCCCCCCCCCC)CCC(=O)OCCOC(=O)C(C)SCCCCCCCCCCCC)CCC(=O)OCCOC(=O)C(C)CSCCCCCCCCCCCC. The van der Waals surface area contributed by atoms with Gasteiger partial charge in [-0.2, -0.15) is 47.0 Å². The summed E-state index contributed by atoms with van der Waals surface area (Å²) in [5.41, 5.74) is 0. The second-order valence-corrected chi connectivity index (χ2v) is 44.7. The Bertz CT molecular complexity index is 2740. The summed E-state index contributed by atoms with van der Waals surface area (Å²) in [4.78, 5) is 138. The molecule has 0 aliphatic rings. The minimum Gasteiger partial charge on any atom is -0.462 e. The molecule has 0 aliphatic carbocycles. The summed E-state index contributed by atoms with van der Waals surface area (Å²) >= 11 is 8.64. The fraction of sp³-hybridized carbons (Fsp3) is 0.910. The monoisotopic (exact) mass is 2060 g/mol. The quantitative estimate of drug-likeness (QED) is 0.0311. The lowest BCUT2D eigenvalue weighted by atomic mass is 10.1. The molecule has 0 saturated carbocycles. The van der Waals surface area contributed by atoms with Crippen molar-refractivity contribution >= 4 is 119 Å². The Kier molecular flexibility index (Phi) is 102. The summed E-state index contributed by atoms with van der Waals surface area (Å²) in [5.74, 6) is 2.18. The number of thioether (sulfide) groups is 5. The number of unbranched alkanes of at least 4 members (excludes halogenated alkanes) is 46. The molecule has 0 N–H and O–H groups in total. The highest BCUT2D eigenvalue weighted by Crippen LogP contribution is 2.24. The number of nitrogens with zero attached hydrogens (tertiary/aromatic N) is 3. The first-order chi connectivity index (χ1) is 67.7. The Morgan fingerprint density at radius 3 is 0.561 bits per heavy atom. The van der Waals surface area contributed by atoms with Crippen molar-refractivity contribution in [2.24, 2.45) is 23.7 Å². The molecule has 139 heavy (non-hydrogen) atoms. The molecule has 5 atom stereocenters. The zero-order valence-electron chi connectivity index (χ0n) is 90.2. The van der Waals surface area contributed by atoms with E-state index in [0.29, 0.717) is 75.0 Å². The fourth-order valence-corrected chi connectivity index (χ4v) is 21.2. The Morgan fingerprint density at radius 2 is 0.353 bits per heavy atom. The molecular formula is C111H207N3O20S5. The van der Waals surface area contributed by atoms with Crippen LogP contribution >= 0.6 is 58.8 Å². The van der Waals surface area contributed by atoms with E-state index in [0.717, 1.165) is 67.3 Å². The Labute approximate surface area is 870 Å². The third kappa shape index (κ3) is 93.8. The minimum atomic E-state index is -0.494. The maximum atomic E-state index is 13.6. The van der Waals surface area contributed by atoms with E-state index in [1.165, 1.54) is 283 Å². The van der Waals surface area contributed by atoms with E-state index in [1.54, 1.807) is 58.8 Å². The molecule has 0 aromatic rings. The van der Waals surface area contributed by atoms with Crippen molar-refractivity contribution in [3.05, 3.63) is 0 Å². The van der Waals surface area contributed by atoms with Crippen LogP contribution < -0.4 is 0 Å². The molecule has 28 heteroatoms. The van der Waals surface area contributed by atoms with Crippen molar-refractivity contribution < 1.29 is 95.3 Å². The average Bonchev–Trinajstić information content (AvgIpc) is 0.940. The predicted octanol–water partition coefficient (Wildman–Crippen LogP) is 26.6. The number of ether oxygens (including phenoxy) is 10. The predicted molar refractivity (Wildman–Crippen MR) is 583 cm³/mol. The number of carbonyl (C=O) groups is 10. The van der Waals surface area contributed by atoms with E-state index < -0.39 is 29.8 Å². The van der Waals surface area contributed by atoms with Gasteiger partial charge in [-0.25, -0.2) is 0 Å². The molecule has 0 aromatic carbocycles. The van der Waals surface area contributed by atoms with Gasteiger partial charge in [-0.1, -0.05) is 351 Å². The van der Waals surface area contributed by atoms with Crippen molar-refractivity contribution in [1.82, 2.24) is 14.7 Å². The van der Waals surface area contributed by atoms with Gasteiger partial charge in [-0.05, 0) is 113 Å². The van der Waals surface area contributed by atoms with Crippen molar-refractivity contribution in [3.8, 4) is 0 Å². The van der Waals surface area contributed by atoms with Crippen LogP contribution in [0.4, 0.5) is 0 Å². The first-order valence-corrected chi connectivity index (χ1v) is 62.1. The van der Waals surface area contributed by atoms with Gasteiger partial charge in [0.1, 0.15) is 66.1 Å². The van der Waals surface area contributed by atoms with Crippen LogP contribution in [0.3, 0.4) is 0 Å². The van der Waals surface area contributed by atoms with Crippen LogP contribution in [0.2, 0.25) is 0 Å². The first-order valence-electron chi connectivity index (χ1n) is 56.4. The lowest BCUT2D eigenvalue weighted by molar-refractivity contribution is -0.154. The maximum Gasteiger partial charge on any atom is 0.318 e. The number of carbonyl (C=O) groups excluding carboxylic acids is 10. The highest BCUT2D eigenvalue weighted by Gasteiger charge is 2.23. The summed E-state index contributed by atoms with van der Waals surface area (Å²) in [7, 11) is 0. The molecule has 0 fully saturated rings. The topological polar surface area (TPSA) is 273 Å². The lowest BCUT2D eigenvalue weighted by Crippen LogP contribution is -2.35. The van der Waals surface area contributed by atoms with Crippen LogP contribution in [0.5, 0.6) is 0 Å². The van der Waals surface area contributed by atoms with E-state index in [-0.39, 0.29) is 183 Å². The molecule has 0 rings (SSSR count).